The van der Waals surface area contributed by atoms with E-state index in [9.17, 15) is 60.0 Å². The van der Waals surface area contributed by atoms with E-state index >= 15 is 0 Å². The van der Waals surface area contributed by atoms with Gasteiger partial charge in [0, 0.05) is 18.6 Å². The Kier molecular flexibility index (Phi) is 14.5. The number of carboxylic acid groups (broad SMARTS) is 1. The van der Waals surface area contributed by atoms with E-state index < -0.39 is 59.3 Å². The number of aliphatic carboxylic acids is 1. The average Bonchev–Trinajstić information content (AvgIpc) is 3.90. The Morgan fingerprint density at radius 3 is 1.38 bits per heavy atom. The van der Waals surface area contributed by atoms with E-state index in [0.717, 1.165) is 63.8 Å². The second-order valence-electron chi connectivity index (χ2n) is 17.3. The number of hydrogen-bond acceptors (Lipinski definition) is 6. The highest BCUT2D eigenvalue weighted by Gasteiger charge is 2.48. The largest absolute Gasteiger partial charge is 0.481 e. The van der Waals surface area contributed by atoms with Gasteiger partial charge >= 0.3 is 18.3 Å². The van der Waals surface area contributed by atoms with Crippen LogP contribution in [0.2, 0.25) is 0 Å². The number of likely N-dealkylation sites (tertiary alicyclic amines) is 2. The summed E-state index contributed by atoms with van der Waals surface area (Å²) in [4.78, 5) is 29.1. The van der Waals surface area contributed by atoms with Crippen LogP contribution in [0.3, 0.4) is 0 Å². The van der Waals surface area contributed by atoms with Gasteiger partial charge in [-0.3, -0.25) is 9.59 Å². The Morgan fingerprint density at radius 1 is 0.623 bits per heavy atom. The Balaban J connectivity index is 0.000000230. The molecule has 16 heteroatoms. The Hall–Kier alpha value is -4.12. The first-order valence-corrected chi connectivity index (χ1v) is 20.9. The molecule has 0 radical (unpaired) electrons. The van der Waals surface area contributed by atoms with Crippen molar-refractivity contribution in [3.63, 3.8) is 0 Å². The summed E-state index contributed by atoms with van der Waals surface area (Å²) in [5.74, 6) is -1.20. The minimum absolute atomic E-state index is 0.0208. The number of halogens is 8. The molecule has 1 amide bonds. The highest BCUT2D eigenvalue weighted by molar-refractivity contribution is 5.83. The second-order valence-corrected chi connectivity index (χ2v) is 17.3. The zero-order valence-corrected chi connectivity index (χ0v) is 33.8. The lowest BCUT2D eigenvalue weighted by atomic mass is 9.85. The van der Waals surface area contributed by atoms with Crippen LogP contribution in [0.15, 0.2) is 66.7 Å². The fourth-order valence-corrected chi connectivity index (χ4v) is 9.80. The van der Waals surface area contributed by atoms with Crippen LogP contribution < -0.4 is 5.32 Å². The molecule has 3 aromatic carbocycles. The summed E-state index contributed by atoms with van der Waals surface area (Å²) in [5.41, 5.74) is -3.06. The first-order valence-electron chi connectivity index (χ1n) is 20.9. The highest BCUT2D eigenvalue weighted by Crippen LogP contribution is 2.44. The predicted octanol–water partition coefficient (Wildman–Crippen LogP) is 8.51. The summed E-state index contributed by atoms with van der Waals surface area (Å²) in [7, 11) is 0. The third-order valence-corrected chi connectivity index (χ3v) is 13.6. The van der Waals surface area contributed by atoms with Gasteiger partial charge < -0.3 is 30.4 Å². The molecule has 2 aliphatic heterocycles. The lowest BCUT2D eigenvalue weighted by Gasteiger charge is -2.37. The van der Waals surface area contributed by atoms with E-state index in [4.69, 9.17) is 0 Å². The lowest BCUT2D eigenvalue weighted by Crippen LogP contribution is -2.45. The number of aliphatic hydroxyl groups excluding tert-OH is 2. The Morgan fingerprint density at radius 2 is 1.02 bits per heavy atom. The number of nitrogens with zero attached hydrogens (tertiary/aromatic N) is 2. The number of aliphatic hydroxyl groups is 2. The SMILES string of the molecule is O=C(NCc1cc(C(F)(F)F)cc(C(F)(F)F)c1)C1(CO)CCC(N2CCC(c3ccc(F)cc3)CC2)C1.O=C(O)[C@@]1(CO)CC[C@@H](N2CCC(c3ccc(F)cc3)CC2)C1. The maximum atomic E-state index is 13.2. The van der Waals surface area contributed by atoms with Crippen molar-refractivity contribution in [2.45, 2.75) is 107 Å². The smallest absolute Gasteiger partial charge is 0.416 e. The van der Waals surface area contributed by atoms with Gasteiger partial charge in [0.1, 0.15) is 11.6 Å². The summed E-state index contributed by atoms with van der Waals surface area (Å²) >= 11 is 0. The molecule has 4 fully saturated rings. The Labute approximate surface area is 349 Å². The van der Waals surface area contributed by atoms with E-state index in [1.54, 1.807) is 12.1 Å². The number of rotatable bonds is 10. The first kappa shape index (κ1) is 46.4. The molecule has 2 heterocycles. The van der Waals surface area contributed by atoms with Crippen LogP contribution >= 0.6 is 0 Å². The van der Waals surface area contributed by atoms with Gasteiger partial charge in [-0.15, -0.1) is 0 Å². The van der Waals surface area contributed by atoms with E-state index in [-0.39, 0.29) is 42.0 Å². The topological polar surface area (TPSA) is 113 Å². The molecule has 4 N–H and O–H groups in total. The van der Waals surface area contributed by atoms with Crippen molar-refractivity contribution in [1.82, 2.24) is 15.1 Å². The predicted molar refractivity (Wildman–Crippen MR) is 210 cm³/mol. The van der Waals surface area contributed by atoms with E-state index in [2.05, 4.69) is 15.1 Å². The minimum Gasteiger partial charge on any atom is -0.481 e. The molecular formula is C45H53F8N3O5. The molecule has 2 saturated carbocycles. The van der Waals surface area contributed by atoms with Gasteiger partial charge in [0.2, 0.25) is 5.91 Å². The van der Waals surface area contributed by atoms with E-state index in [0.29, 0.717) is 56.1 Å². The molecular weight excluding hydrogens is 814 g/mol. The first-order chi connectivity index (χ1) is 28.8. The van der Waals surface area contributed by atoms with Crippen molar-refractivity contribution in [3.8, 4) is 0 Å². The molecule has 334 valence electrons. The van der Waals surface area contributed by atoms with Crippen LogP contribution in [0.4, 0.5) is 35.1 Å². The maximum absolute atomic E-state index is 13.2. The zero-order chi connectivity index (χ0) is 44.2. The van der Waals surface area contributed by atoms with Gasteiger partial charge in [-0.2, -0.15) is 26.3 Å². The third-order valence-electron chi connectivity index (χ3n) is 13.6. The summed E-state index contributed by atoms with van der Waals surface area (Å²) in [6.07, 6.45) is -2.93. The van der Waals surface area contributed by atoms with Crippen molar-refractivity contribution >= 4 is 11.9 Å². The van der Waals surface area contributed by atoms with E-state index in [1.807, 2.05) is 12.1 Å². The van der Waals surface area contributed by atoms with Crippen molar-refractivity contribution in [1.29, 1.82) is 0 Å². The number of hydrogen-bond donors (Lipinski definition) is 4. The molecule has 2 aliphatic carbocycles. The molecule has 4 aliphatic rings. The Bertz CT molecular complexity index is 1910. The van der Waals surface area contributed by atoms with Gasteiger partial charge in [0.05, 0.1) is 35.2 Å². The molecule has 61 heavy (non-hydrogen) atoms. The average molecular weight is 868 g/mol. The zero-order valence-electron chi connectivity index (χ0n) is 33.8. The van der Waals surface area contributed by atoms with Gasteiger partial charge in [-0.05, 0) is 161 Å². The third kappa shape index (κ3) is 11.1. The fourth-order valence-electron chi connectivity index (χ4n) is 9.80. The minimum atomic E-state index is -4.98. The molecule has 2 unspecified atom stereocenters. The number of piperidine rings is 2. The number of benzene rings is 3. The summed E-state index contributed by atoms with van der Waals surface area (Å²) in [6, 6.07) is 14.7. The van der Waals surface area contributed by atoms with Gasteiger partial charge in [0.15, 0.2) is 0 Å². The molecule has 0 spiro atoms. The normalized spacial score (nSPS) is 25.9. The van der Waals surface area contributed by atoms with Gasteiger partial charge in [-0.1, -0.05) is 24.3 Å². The van der Waals surface area contributed by atoms with E-state index in [1.165, 1.54) is 29.8 Å². The summed E-state index contributed by atoms with van der Waals surface area (Å²) in [6.45, 7) is 2.13. The summed E-state index contributed by atoms with van der Waals surface area (Å²) in [5, 5.41) is 31.4. The summed E-state index contributed by atoms with van der Waals surface area (Å²) < 4.78 is 105. The van der Waals surface area contributed by atoms with Crippen molar-refractivity contribution in [3.05, 3.63) is 106 Å². The molecule has 3 aromatic rings. The number of carboxylic acids is 1. The number of carbonyl (C=O) groups is 2. The number of amides is 1. The van der Waals surface area contributed by atoms with Crippen LogP contribution in [-0.4, -0.2) is 88.5 Å². The molecule has 8 nitrogen and oxygen atoms in total. The number of carbonyl (C=O) groups excluding carboxylic acids is 1. The van der Waals surface area contributed by atoms with Crippen molar-refractivity contribution in [2.24, 2.45) is 10.8 Å². The van der Waals surface area contributed by atoms with Gasteiger partial charge in [0.25, 0.3) is 0 Å². The fraction of sp³-hybridized carbons (Fsp3) is 0.556. The second kappa shape index (κ2) is 19.1. The molecule has 0 bridgehead atoms. The quantitative estimate of drug-likeness (QED) is 0.151. The van der Waals surface area contributed by atoms with Crippen LogP contribution in [0.5, 0.6) is 0 Å². The van der Waals surface area contributed by atoms with Gasteiger partial charge in [-0.25, -0.2) is 8.78 Å². The number of alkyl halides is 6. The maximum Gasteiger partial charge on any atom is 0.416 e. The van der Waals surface area contributed by atoms with Crippen LogP contribution in [0.1, 0.15) is 104 Å². The van der Waals surface area contributed by atoms with Crippen LogP contribution in [-0.2, 0) is 28.5 Å². The van der Waals surface area contributed by atoms with Crippen LogP contribution in [0, 0.1) is 22.5 Å². The van der Waals surface area contributed by atoms with Crippen molar-refractivity contribution in [2.75, 3.05) is 39.4 Å². The number of nitrogens with one attached hydrogen (secondary N) is 1. The van der Waals surface area contributed by atoms with Crippen molar-refractivity contribution < 1.29 is 60.0 Å². The highest BCUT2D eigenvalue weighted by atomic mass is 19.4. The molecule has 7 rings (SSSR count). The lowest BCUT2D eigenvalue weighted by molar-refractivity contribution is -0.151. The molecule has 4 atom stereocenters. The molecule has 0 aromatic heterocycles. The standard InChI is InChI=1S/C27H29F7N2O2.C18H24FNO3/c28-22-3-1-18(2-4-22)19-6-9-36(10-7-19)23-5-8-25(14-23,16-37)24(38)35-15-17-11-20(26(29,30)31)13-21(12-17)27(32,33)34;19-15-3-1-13(2-4-15)14-6-9-20(10-7-14)16-5-8-18(11-16,12-21)17(22)23/h1-4,11-13,19,23,37H,5-10,14-16H2,(H,35,38);1-4,14,16,21H,5-12H2,(H,22,23)/t;16-,18+/m.1/s1. The monoisotopic (exact) mass is 867 g/mol. The van der Waals surface area contributed by atoms with Crippen LogP contribution in [0.25, 0.3) is 0 Å². The molecule has 2 saturated heterocycles.